The zero-order valence-corrected chi connectivity index (χ0v) is 13.4. The first kappa shape index (κ1) is 15.4. The minimum Gasteiger partial charge on any atom is -0.312 e. The lowest BCUT2D eigenvalue weighted by molar-refractivity contribution is -0.116. The van der Waals surface area contributed by atoms with E-state index >= 15 is 0 Å². The van der Waals surface area contributed by atoms with Crippen LogP contribution in [-0.2, 0) is 11.2 Å². The summed E-state index contributed by atoms with van der Waals surface area (Å²) < 4.78 is 0. The fourth-order valence-corrected chi connectivity index (χ4v) is 2.74. The van der Waals surface area contributed by atoms with E-state index in [0.29, 0.717) is 22.9 Å². The van der Waals surface area contributed by atoms with E-state index in [9.17, 15) is 9.59 Å². The number of hydrogen-bond acceptors (Lipinski definition) is 2. The quantitative estimate of drug-likeness (QED) is 0.878. The molecule has 0 aliphatic carbocycles. The molecule has 5 nitrogen and oxygen atoms in total. The van der Waals surface area contributed by atoms with Crippen LogP contribution in [0.3, 0.4) is 0 Å². The van der Waals surface area contributed by atoms with Crippen LogP contribution in [-0.4, -0.2) is 18.5 Å². The number of benzene rings is 2. The van der Waals surface area contributed by atoms with E-state index in [4.69, 9.17) is 11.6 Å². The number of fused-ring (bicyclic) bond motifs is 1. The highest BCUT2D eigenvalue weighted by Gasteiger charge is 2.22. The Kier molecular flexibility index (Phi) is 4.21. The van der Waals surface area contributed by atoms with E-state index in [-0.39, 0.29) is 11.9 Å². The number of urea groups is 1. The third kappa shape index (κ3) is 3.46. The van der Waals surface area contributed by atoms with E-state index in [2.05, 4.69) is 10.6 Å². The summed E-state index contributed by atoms with van der Waals surface area (Å²) in [5.41, 5.74) is 3.27. The van der Waals surface area contributed by atoms with Crippen molar-refractivity contribution in [2.45, 2.75) is 13.3 Å². The van der Waals surface area contributed by atoms with Gasteiger partial charge in [0.25, 0.3) is 0 Å². The predicted octanol–water partition coefficient (Wildman–Crippen LogP) is 3.89. The second-order valence-corrected chi connectivity index (χ2v) is 5.79. The topological polar surface area (TPSA) is 61.4 Å². The normalized spacial score (nSPS) is 12.7. The van der Waals surface area contributed by atoms with Crippen LogP contribution in [0.4, 0.5) is 21.9 Å². The van der Waals surface area contributed by atoms with Gasteiger partial charge in [-0.05, 0) is 48.4 Å². The molecule has 0 bridgehead atoms. The van der Waals surface area contributed by atoms with Gasteiger partial charge in [-0.25, -0.2) is 4.79 Å². The van der Waals surface area contributed by atoms with Gasteiger partial charge in [-0.2, -0.15) is 0 Å². The van der Waals surface area contributed by atoms with E-state index < -0.39 is 0 Å². The molecule has 0 saturated heterocycles. The summed E-state index contributed by atoms with van der Waals surface area (Å²) in [6, 6.07) is 12.1. The second kappa shape index (κ2) is 6.30. The maximum Gasteiger partial charge on any atom is 0.323 e. The molecule has 6 heteroatoms. The number of carbonyl (C=O) groups excluding carboxylic acids is 2. The molecule has 2 aromatic rings. The van der Waals surface area contributed by atoms with Gasteiger partial charge in [-0.3, -0.25) is 4.79 Å². The molecular formula is C17H16ClN3O2. The molecule has 0 radical (unpaired) electrons. The molecule has 23 heavy (non-hydrogen) atoms. The van der Waals surface area contributed by atoms with Crippen LogP contribution in [0.15, 0.2) is 42.5 Å². The van der Waals surface area contributed by atoms with Crippen molar-refractivity contribution >= 4 is 40.6 Å². The fourth-order valence-electron chi connectivity index (χ4n) is 2.61. The molecule has 0 atom stereocenters. The molecule has 2 N–H and O–H groups in total. The number of anilines is 3. The van der Waals surface area contributed by atoms with Gasteiger partial charge in [-0.1, -0.05) is 17.7 Å². The van der Waals surface area contributed by atoms with E-state index in [1.54, 1.807) is 36.1 Å². The van der Waals surface area contributed by atoms with Gasteiger partial charge in [0.1, 0.15) is 0 Å². The minimum absolute atomic E-state index is 0.00603. The third-order valence-corrected chi connectivity index (χ3v) is 3.97. The Morgan fingerprint density at radius 1 is 1.04 bits per heavy atom. The van der Waals surface area contributed by atoms with Gasteiger partial charge in [0.15, 0.2) is 0 Å². The smallest absolute Gasteiger partial charge is 0.312 e. The highest BCUT2D eigenvalue weighted by molar-refractivity contribution is 6.30. The summed E-state index contributed by atoms with van der Waals surface area (Å²) in [5, 5.41) is 6.11. The Labute approximate surface area is 139 Å². The molecule has 2 aromatic carbocycles. The maximum atomic E-state index is 12.0. The Bertz CT molecular complexity index is 759. The van der Waals surface area contributed by atoms with Crippen LogP contribution in [0.25, 0.3) is 0 Å². The molecule has 0 aromatic heterocycles. The van der Waals surface area contributed by atoms with E-state index in [1.165, 1.54) is 0 Å². The van der Waals surface area contributed by atoms with Crippen molar-refractivity contribution in [3.8, 4) is 0 Å². The Balaban J connectivity index is 1.71. The van der Waals surface area contributed by atoms with Crippen LogP contribution in [0.1, 0.15) is 12.5 Å². The highest BCUT2D eigenvalue weighted by Crippen LogP contribution is 2.30. The SMILES string of the molecule is CC(=O)N1CCc2ccc(NC(=O)Nc3ccc(Cl)cc3)cc21. The Hall–Kier alpha value is -2.53. The van der Waals surface area contributed by atoms with Gasteiger partial charge in [0.2, 0.25) is 5.91 Å². The van der Waals surface area contributed by atoms with E-state index in [0.717, 1.165) is 17.7 Å². The van der Waals surface area contributed by atoms with Crippen molar-refractivity contribution in [2.75, 3.05) is 22.1 Å². The van der Waals surface area contributed by atoms with Crippen molar-refractivity contribution < 1.29 is 9.59 Å². The molecule has 0 saturated carbocycles. The Morgan fingerprint density at radius 3 is 2.39 bits per heavy atom. The highest BCUT2D eigenvalue weighted by atomic mass is 35.5. The molecule has 1 aliphatic rings. The number of hydrogen-bond donors (Lipinski definition) is 2. The second-order valence-electron chi connectivity index (χ2n) is 5.35. The monoisotopic (exact) mass is 329 g/mol. The largest absolute Gasteiger partial charge is 0.323 e. The third-order valence-electron chi connectivity index (χ3n) is 3.72. The molecule has 118 valence electrons. The minimum atomic E-state index is -0.348. The zero-order chi connectivity index (χ0) is 16.4. The van der Waals surface area contributed by atoms with Crippen molar-refractivity contribution in [1.82, 2.24) is 0 Å². The molecule has 0 fully saturated rings. The van der Waals surface area contributed by atoms with Crippen molar-refractivity contribution in [1.29, 1.82) is 0 Å². The first-order chi connectivity index (χ1) is 11.0. The van der Waals surface area contributed by atoms with Crippen molar-refractivity contribution in [3.63, 3.8) is 0 Å². The summed E-state index contributed by atoms with van der Waals surface area (Å²) in [6.07, 6.45) is 0.839. The zero-order valence-electron chi connectivity index (χ0n) is 12.6. The van der Waals surface area contributed by atoms with Gasteiger partial charge in [-0.15, -0.1) is 0 Å². The molecule has 1 heterocycles. The van der Waals surface area contributed by atoms with Crippen LogP contribution in [0.2, 0.25) is 5.02 Å². The molecule has 1 aliphatic heterocycles. The molecule has 3 rings (SSSR count). The van der Waals surface area contributed by atoms with Crippen LogP contribution >= 0.6 is 11.6 Å². The number of amides is 3. The molecule has 0 spiro atoms. The summed E-state index contributed by atoms with van der Waals surface area (Å²) in [6.45, 7) is 2.23. The van der Waals surface area contributed by atoms with Crippen LogP contribution < -0.4 is 15.5 Å². The molecule has 3 amide bonds. The van der Waals surface area contributed by atoms with Gasteiger partial charge in [0, 0.05) is 35.6 Å². The summed E-state index contributed by atoms with van der Waals surface area (Å²) >= 11 is 5.81. The predicted molar refractivity (Wildman–Crippen MR) is 92.3 cm³/mol. The lowest BCUT2D eigenvalue weighted by Gasteiger charge is -2.16. The lowest BCUT2D eigenvalue weighted by atomic mass is 10.1. The fraction of sp³-hybridized carbons (Fsp3) is 0.176. The number of halogens is 1. The summed E-state index contributed by atoms with van der Waals surface area (Å²) in [4.78, 5) is 25.4. The Morgan fingerprint density at radius 2 is 1.70 bits per heavy atom. The standard InChI is InChI=1S/C17H16ClN3O2/c1-11(22)21-9-8-12-2-5-15(10-16(12)21)20-17(23)19-14-6-3-13(18)4-7-14/h2-7,10H,8-9H2,1H3,(H2,19,20,23). The molecular weight excluding hydrogens is 314 g/mol. The number of rotatable bonds is 2. The summed E-state index contributed by atoms with van der Waals surface area (Å²) in [5.74, 6) is 0.00603. The van der Waals surface area contributed by atoms with Crippen LogP contribution in [0, 0.1) is 0 Å². The van der Waals surface area contributed by atoms with Crippen molar-refractivity contribution in [2.24, 2.45) is 0 Å². The van der Waals surface area contributed by atoms with Gasteiger partial charge < -0.3 is 15.5 Å². The van der Waals surface area contributed by atoms with Gasteiger partial charge in [0.05, 0.1) is 0 Å². The van der Waals surface area contributed by atoms with E-state index in [1.807, 2.05) is 18.2 Å². The number of nitrogens with one attached hydrogen (secondary N) is 2. The first-order valence-electron chi connectivity index (χ1n) is 7.27. The molecule has 0 unspecified atom stereocenters. The number of nitrogens with zero attached hydrogens (tertiary/aromatic N) is 1. The van der Waals surface area contributed by atoms with Crippen LogP contribution in [0.5, 0.6) is 0 Å². The average molecular weight is 330 g/mol. The lowest BCUT2D eigenvalue weighted by Crippen LogP contribution is -2.26. The average Bonchev–Trinajstić information content (AvgIpc) is 2.93. The van der Waals surface area contributed by atoms with Crippen molar-refractivity contribution in [3.05, 3.63) is 53.1 Å². The van der Waals surface area contributed by atoms with Gasteiger partial charge >= 0.3 is 6.03 Å². The number of carbonyl (C=O) groups is 2. The maximum absolute atomic E-state index is 12.0. The first-order valence-corrected chi connectivity index (χ1v) is 7.65. The summed E-state index contributed by atoms with van der Waals surface area (Å²) in [7, 11) is 0.